The normalized spacial score (nSPS) is 19.0. The Morgan fingerprint density at radius 1 is 1.24 bits per heavy atom. The number of halogens is 1. The number of anilines is 1. The minimum Gasteiger partial charge on any atom is -0.444 e. The summed E-state index contributed by atoms with van der Waals surface area (Å²) in [6.07, 6.45) is 2.51. The summed E-state index contributed by atoms with van der Waals surface area (Å²) in [4.78, 5) is 52.5. The van der Waals surface area contributed by atoms with Crippen molar-refractivity contribution >= 4 is 40.9 Å². The minimum atomic E-state index is -1.02. The van der Waals surface area contributed by atoms with Crippen molar-refractivity contribution in [2.75, 3.05) is 18.0 Å². The number of ketones is 1. The molecule has 0 saturated carbocycles. The lowest BCUT2D eigenvalue weighted by atomic mass is 9.93. The lowest BCUT2D eigenvalue weighted by molar-refractivity contribution is -0.128. The van der Waals surface area contributed by atoms with Gasteiger partial charge in [0.15, 0.2) is 17.1 Å². The molecule has 0 spiro atoms. The van der Waals surface area contributed by atoms with Gasteiger partial charge in [0.1, 0.15) is 5.60 Å². The van der Waals surface area contributed by atoms with Crippen molar-refractivity contribution in [2.45, 2.75) is 71.6 Å². The first kappa shape index (κ1) is 27.6. The summed E-state index contributed by atoms with van der Waals surface area (Å²) in [6, 6.07) is 8.12. The second-order valence-electron chi connectivity index (χ2n) is 11.1. The first-order valence-corrected chi connectivity index (χ1v) is 13.0. The number of carbonyl (C=O) groups excluding carboxylic acids is 3. The van der Waals surface area contributed by atoms with Crippen LogP contribution in [0, 0.1) is 6.92 Å². The highest BCUT2D eigenvalue weighted by atomic mass is 35.5. The Bertz CT molecular complexity index is 1300. The maximum atomic E-state index is 14.1. The molecule has 0 radical (unpaired) electrons. The Balaban J connectivity index is 1.66. The van der Waals surface area contributed by atoms with Crippen molar-refractivity contribution in [1.82, 2.24) is 9.88 Å². The van der Waals surface area contributed by atoms with Gasteiger partial charge in [-0.05, 0) is 84.2 Å². The fourth-order valence-corrected chi connectivity index (χ4v) is 4.75. The highest BCUT2D eigenvalue weighted by molar-refractivity contribution is 6.49. The molecule has 0 unspecified atom stereocenters. The molecule has 2 amide bonds. The summed E-state index contributed by atoms with van der Waals surface area (Å²) in [5.41, 5.74) is 0.229. The molecule has 1 atom stereocenters. The van der Waals surface area contributed by atoms with E-state index in [2.05, 4.69) is 10.1 Å². The van der Waals surface area contributed by atoms with Gasteiger partial charge in [-0.15, -0.1) is 0 Å². The molecule has 0 aliphatic carbocycles. The third-order valence-electron chi connectivity index (χ3n) is 6.46. The number of pyridine rings is 1. The molecule has 9 nitrogen and oxygen atoms in total. The number of hydrogen-bond donors (Lipinski definition) is 0. The predicted octanol–water partition coefficient (Wildman–Crippen LogP) is 5.17. The zero-order valence-corrected chi connectivity index (χ0v) is 23.3. The van der Waals surface area contributed by atoms with Gasteiger partial charge < -0.3 is 14.5 Å². The standard InChI is InChI=1S/C28H33ClN4O5/c1-17-15-18(22-23(34)28(5,6)38-31-22)11-12-20(17)25(35)33(24-21(29)10-7-13-30-24)19-9-8-14-32(16-19)26(36)37-27(2,3)4/h7,10-13,15,19H,8-9,14,16H2,1-6H3/t19-/m1/s1. The maximum absolute atomic E-state index is 14.1. The molecule has 2 aliphatic rings. The SMILES string of the molecule is Cc1cc(C2=NOC(C)(C)C2=O)ccc1C(=O)N(c1ncccc1Cl)[C@@H]1CCCN(C(=O)OC(C)(C)C)C1. The average Bonchev–Trinajstić information content (AvgIpc) is 3.11. The van der Waals surface area contributed by atoms with E-state index in [4.69, 9.17) is 21.2 Å². The summed E-state index contributed by atoms with van der Waals surface area (Å²) >= 11 is 6.52. The largest absolute Gasteiger partial charge is 0.444 e. The van der Waals surface area contributed by atoms with Crippen LogP contribution >= 0.6 is 11.6 Å². The van der Waals surface area contributed by atoms with Gasteiger partial charge in [0.2, 0.25) is 5.78 Å². The Kier molecular flexibility index (Phi) is 7.52. The van der Waals surface area contributed by atoms with Gasteiger partial charge in [0.25, 0.3) is 5.91 Å². The number of carbonyl (C=O) groups is 3. The zero-order chi connectivity index (χ0) is 27.8. The van der Waals surface area contributed by atoms with E-state index < -0.39 is 17.3 Å². The molecule has 10 heteroatoms. The molecule has 2 aliphatic heterocycles. The van der Waals surface area contributed by atoms with Crippen molar-refractivity contribution in [3.63, 3.8) is 0 Å². The summed E-state index contributed by atoms with van der Waals surface area (Å²) in [6.45, 7) is 11.4. The van der Waals surface area contributed by atoms with Crippen LogP contribution in [0.4, 0.5) is 10.6 Å². The van der Waals surface area contributed by atoms with Crippen LogP contribution in [0.5, 0.6) is 0 Å². The number of nitrogens with zero attached hydrogens (tertiary/aromatic N) is 4. The number of rotatable bonds is 4. The van der Waals surface area contributed by atoms with Crippen LogP contribution in [0.2, 0.25) is 5.02 Å². The lowest BCUT2D eigenvalue weighted by Gasteiger charge is -2.39. The Hall–Kier alpha value is -3.46. The van der Waals surface area contributed by atoms with Gasteiger partial charge in [-0.25, -0.2) is 9.78 Å². The van der Waals surface area contributed by atoms with E-state index in [0.29, 0.717) is 46.9 Å². The third-order valence-corrected chi connectivity index (χ3v) is 6.75. The maximum Gasteiger partial charge on any atom is 0.410 e. The second kappa shape index (κ2) is 10.4. The first-order valence-electron chi connectivity index (χ1n) is 12.6. The van der Waals surface area contributed by atoms with Crippen molar-refractivity contribution in [1.29, 1.82) is 0 Å². The summed E-state index contributed by atoms with van der Waals surface area (Å²) in [5.74, 6) is -0.201. The van der Waals surface area contributed by atoms with E-state index in [9.17, 15) is 14.4 Å². The molecule has 2 aromatic rings. The number of aromatic nitrogens is 1. The van der Waals surface area contributed by atoms with Crippen molar-refractivity contribution in [2.24, 2.45) is 5.16 Å². The lowest BCUT2D eigenvalue weighted by Crippen LogP contribution is -2.53. The molecule has 1 saturated heterocycles. The average molecular weight is 541 g/mol. The number of piperidine rings is 1. The zero-order valence-electron chi connectivity index (χ0n) is 22.6. The summed E-state index contributed by atoms with van der Waals surface area (Å²) in [5, 5.41) is 4.30. The number of hydrogen-bond acceptors (Lipinski definition) is 7. The van der Waals surface area contributed by atoms with Gasteiger partial charge in [0, 0.05) is 30.4 Å². The van der Waals surface area contributed by atoms with Gasteiger partial charge in [-0.3, -0.25) is 14.5 Å². The molecule has 4 rings (SSSR count). The van der Waals surface area contributed by atoms with E-state index in [1.54, 1.807) is 67.1 Å². The molecule has 38 heavy (non-hydrogen) atoms. The quantitative estimate of drug-likeness (QED) is 0.530. The molecule has 3 heterocycles. The van der Waals surface area contributed by atoms with Crippen LogP contribution in [0.1, 0.15) is 68.9 Å². The van der Waals surface area contributed by atoms with Gasteiger partial charge in [0.05, 0.1) is 11.1 Å². The van der Waals surface area contributed by atoms with Crippen LogP contribution < -0.4 is 4.90 Å². The van der Waals surface area contributed by atoms with Crippen molar-refractivity contribution < 1.29 is 24.0 Å². The number of likely N-dealkylation sites (tertiary alicyclic amines) is 1. The highest BCUT2D eigenvalue weighted by Gasteiger charge is 2.41. The predicted molar refractivity (Wildman–Crippen MR) is 145 cm³/mol. The summed E-state index contributed by atoms with van der Waals surface area (Å²) in [7, 11) is 0. The second-order valence-corrected chi connectivity index (χ2v) is 11.5. The first-order chi connectivity index (χ1) is 17.8. The number of benzene rings is 1. The monoisotopic (exact) mass is 540 g/mol. The molecule has 0 bridgehead atoms. The van der Waals surface area contributed by atoms with E-state index in [-0.39, 0.29) is 30.0 Å². The number of amides is 2. The van der Waals surface area contributed by atoms with Crippen LogP contribution in [-0.4, -0.2) is 63.7 Å². The van der Waals surface area contributed by atoms with Gasteiger partial charge >= 0.3 is 6.09 Å². The van der Waals surface area contributed by atoms with Crippen LogP contribution in [0.3, 0.4) is 0 Å². The Labute approximate surface area is 227 Å². The third kappa shape index (κ3) is 5.67. The molecule has 0 N–H and O–H groups in total. The topological polar surface area (TPSA) is 101 Å². The smallest absolute Gasteiger partial charge is 0.410 e. The molecular weight excluding hydrogens is 508 g/mol. The summed E-state index contributed by atoms with van der Waals surface area (Å²) < 4.78 is 5.58. The molecule has 1 aromatic heterocycles. The molecule has 202 valence electrons. The van der Waals surface area contributed by atoms with Crippen LogP contribution in [0.15, 0.2) is 41.7 Å². The van der Waals surface area contributed by atoms with Gasteiger partial charge in [-0.1, -0.05) is 22.8 Å². The van der Waals surface area contributed by atoms with E-state index >= 15 is 0 Å². The fourth-order valence-electron chi connectivity index (χ4n) is 4.54. The van der Waals surface area contributed by atoms with Gasteiger partial charge in [-0.2, -0.15) is 0 Å². The van der Waals surface area contributed by atoms with E-state index in [1.165, 1.54) is 0 Å². The van der Waals surface area contributed by atoms with Crippen LogP contribution in [0.25, 0.3) is 0 Å². The number of ether oxygens (including phenoxy) is 1. The Morgan fingerprint density at radius 3 is 2.58 bits per heavy atom. The Morgan fingerprint density at radius 2 is 1.97 bits per heavy atom. The molecular formula is C28H33ClN4O5. The fraction of sp³-hybridized carbons (Fsp3) is 0.464. The van der Waals surface area contributed by atoms with E-state index in [1.807, 2.05) is 20.8 Å². The van der Waals surface area contributed by atoms with Crippen molar-refractivity contribution in [3.05, 3.63) is 58.2 Å². The molecule has 1 fully saturated rings. The number of Topliss-reactive ketones (excluding diaryl/α,β-unsaturated/α-hetero) is 1. The number of oxime groups is 1. The molecule has 1 aromatic carbocycles. The highest BCUT2D eigenvalue weighted by Crippen LogP contribution is 2.31. The minimum absolute atomic E-state index is 0.220. The number of aryl methyl sites for hydroxylation is 1. The van der Waals surface area contributed by atoms with E-state index in [0.717, 1.165) is 0 Å². The van der Waals surface area contributed by atoms with Crippen molar-refractivity contribution in [3.8, 4) is 0 Å². The van der Waals surface area contributed by atoms with Crippen LogP contribution in [-0.2, 0) is 14.4 Å².